The van der Waals surface area contributed by atoms with Crippen molar-refractivity contribution in [3.05, 3.63) is 22.4 Å². The minimum Gasteiger partial charge on any atom is -0.481 e. The molecule has 1 amide bonds. The average Bonchev–Trinajstić information content (AvgIpc) is 2.85. The van der Waals surface area contributed by atoms with E-state index < -0.39 is 29.5 Å². The molecule has 3 N–H and O–H groups in total. The summed E-state index contributed by atoms with van der Waals surface area (Å²) in [5.74, 6) is -1.90. The molecular formula is C11H13NO5S2. The summed E-state index contributed by atoms with van der Waals surface area (Å²) in [6, 6.07) is 2.53. The van der Waals surface area contributed by atoms with E-state index in [-0.39, 0.29) is 12.3 Å². The predicted molar refractivity (Wildman–Crippen MR) is 72.1 cm³/mol. The van der Waals surface area contributed by atoms with Gasteiger partial charge in [-0.1, -0.05) is 17.8 Å². The van der Waals surface area contributed by atoms with E-state index in [1.807, 2.05) is 11.4 Å². The molecule has 0 aliphatic rings. The Labute approximate surface area is 117 Å². The highest BCUT2D eigenvalue weighted by atomic mass is 32.2. The number of hydrogen-bond donors (Lipinski definition) is 3. The minimum atomic E-state index is -1.13. The van der Waals surface area contributed by atoms with Gasteiger partial charge in [0.2, 0.25) is 11.0 Å². The fraction of sp³-hybridized carbons (Fsp3) is 0.364. The number of nitrogens with one attached hydrogen (secondary N) is 1. The monoisotopic (exact) mass is 303 g/mol. The van der Waals surface area contributed by atoms with Crippen molar-refractivity contribution < 1.29 is 24.6 Å². The highest BCUT2D eigenvalue weighted by Gasteiger charge is 2.21. The van der Waals surface area contributed by atoms with Crippen LogP contribution in [0.25, 0.3) is 0 Å². The summed E-state index contributed by atoms with van der Waals surface area (Å²) in [5.41, 5.74) is 0. The molecule has 0 fully saturated rings. The maximum atomic E-state index is 11.6. The van der Waals surface area contributed by atoms with Gasteiger partial charge >= 0.3 is 5.97 Å². The van der Waals surface area contributed by atoms with Gasteiger partial charge < -0.3 is 15.5 Å². The van der Waals surface area contributed by atoms with E-state index in [1.54, 1.807) is 6.07 Å². The maximum Gasteiger partial charge on any atom is 0.313 e. The summed E-state index contributed by atoms with van der Waals surface area (Å²) in [5, 5.41) is 21.1. The Morgan fingerprint density at radius 3 is 2.68 bits per heavy atom. The number of carboxylic acid groups (broad SMARTS) is 1. The first kappa shape index (κ1) is 15.7. The van der Waals surface area contributed by atoms with Gasteiger partial charge in [-0.2, -0.15) is 0 Å². The number of aliphatic carboxylic acids is 1. The molecule has 0 unspecified atom stereocenters. The van der Waals surface area contributed by atoms with Gasteiger partial charge in [-0.3, -0.25) is 14.4 Å². The Morgan fingerprint density at radius 1 is 1.42 bits per heavy atom. The van der Waals surface area contributed by atoms with Crippen LogP contribution in [0.5, 0.6) is 0 Å². The molecular weight excluding hydrogens is 290 g/mol. The molecule has 0 saturated carbocycles. The Balaban J connectivity index is 2.44. The van der Waals surface area contributed by atoms with Crippen molar-refractivity contribution >= 4 is 40.1 Å². The molecule has 8 heteroatoms. The van der Waals surface area contributed by atoms with Crippen molar-refractivity contribution in [2.75, 3.05) is 12.4 Å². The topological polar surface area (TPSA) is 104 Å². The Kier molecular flexibility index (Phi) is 6.54. The minimum absolute atomic E-state index is 0.130. The molecule has 0 bridgehead atoms. The van der Waals surface area contributed by atoms with Gasteiger partial charge in [0.15, 0.2) is 0 Å². The van der Waals surface area contributed by atoms with E-state index in [2.05, 4.69) is 5.32 Å². The highest BCUT2D eigenvalue weighted by Crippen LogP contribution is 2.10. The van der Waals surface area contributed by atoms with Gasteiger partial charge in [0.05, 0.1) is 18.8 Å². The van der Waals surface area contributed by atoms with Gasteiger partial charge in [-0.05, 0) is 11.4 Å². The number of aliphatic hydroxyl groups is 1. The van der Waals surface area contributed by atoms with Gasteiger partial charge in [-0.25, -0.2) is 0 Å². The van der Waals surface area contributed by atoms with Crippen molar-refractivity contribution in [1.29, 1.82) is 0 Å². The molecule has 1 aromatic heterocycles. The average molecular weight is 303 g/mol. The quantitative estimate of drug-likeness (QED) is 0.660. The molecule has 104 valence electrons. The molecule has 19 heavy (non-hydrogen) atoms. The lowest BCUT2D eigenvalue weighted by atomic mass is 10.3. The number of thioether (sulfide) groups is 1. The Morgan fingerprint density at radius 2 is 2.16 bits per heavy atom. The van der Waals surface area contributed by atoms with Crippen LogP contribution in [0.3, 0.4) is 0 Å². The molecule has 1 atom stereocenters. The summed E-state index contributed by atoms with van der Waals surface area (Å²) in [7, 11) is 0. The fourth-order valence-electron chi connectivity index (χ4n) is 1.23. The summed E-state index contributed by atoms with van der Waals surface area (Å²) < 4.78 is 0. The SMILES string of the molecule is O=C(O)CSC(=O)[C@H](CO)NC(=O)Cc1cccs1. The lowest BCUT2D eigenvalue weighted by molar-refractivity contribution is -0.134. The highest BCUT2D eigenvalue weighted by molar-refractivity contribution is 8.14. The number of amides is 1. The van der Waals surface area contributed by atoms with Crippen molar-refractivity contribution in [3.8, 4) is 0 Å². The molecule has 0 radical (unpaired) electrons. The standard InChI is InChI=1S/C11H13NO5S2/c13-5-8(11(17)19-6-10(15)16)12-9(14)4-7-2-1-3-18-7/h1-3,8,13H,4-6H2,(H,12,14)(H,15,16)/t8-/m0/s1. The molecule has 1 rings (SSSR count). The predicted octanol–water partition coefficient (Wildman–Crippen LogP) is 0.112. The first-order valence-electron chi connectivity index (χ1n) is 5.34. The molecule has 0 aromatic carbocycles. The van der Waals surface area contributed by atoms with Crippen molar-refractivity contribution in [2.45, 2.75) is 12.5 Å². The van der Waals surface area contributed by atoms with Crippen LogP contribution in [0.1, 0.15) is 4.88 Å². The smallest absolute Gasteiger partial charge is 0.313 e. The van der Waals surface area contributed by atoms with Crippen LogP contribution in [-0.2, 0) is 20.8 Å². The molecule has 1 heterocycles. The lowest BCUT2D eigenvalue weighted by Gasteiger charge is -2.13. The summed E-state index contributed by atoms with van der Waals surface area (Å²) in [4.78, 5) is 34.3. The van der Waals surface area contributed by atoms with Crippen LogP contribution in [0.2, 0.25) is 0 Å². The van der Waals surface area contributed by atoms with Crippen LogP contribution in [0.15, 0.2) is 17.5 Å². The summed E-state index contributed by atoms with van der Waals surface area (Å²) in [6.07, 6.45) is 0.130. The largest absolute Gasteiger partial charge is 0.481 e. The number of thiophene rings is 1. The zero-order valence-corrected chi connectivity index (χ0v) is 11.5. The number of carbonyl (C=O) groups is 3. The van der Waals surface area contributed by atoms with Crippen LogP contribution in [0.4, 0.5) is 0 Å². The van der Waals surface area contributed by atoms with E-state index in [0.29, 0.717) is 11.8 Å². The zero-order chi connectivity index (χ0) is 14.3. The van der Waals surface area contributed by atoms with E-state index in [1.165, 1.54) is 11.3 Å². The Bertz CT molecular complexity index is 446. The van der Waals surface area contributed by atoms with Crippen molar-refractivity contribution in [1.82, 2.24) is 5.32 Å². The molecule has 1 aromatic rings. The van der Waals surface area contributed by atoms with E-state index in [0.717, 1.165) is 4.88 Å². The number of aliphatic hydroxyl groups excluding tert-OH is 1. The molecule has 0 aliphatic heterocycles. The van der Waals surface area contributed by atoms with Crippen LogP contribution >= 0.6 is 23.1 Å². The number of carbonyl (C=O) groups excluding carboxylic acids is 2. The van der Waals surface area contributed by atoms with Crippen LogP contribution in [-0.4, -0.2) is 45.6 Å². The number of rotatable bonds is 7. The normalized spacial score (nSPS) is 11.8. The van der Waals surface area contributed by atoms with Crippen molar-refractivity contribution in [3.63, 3.8) is 0 Å². The first-order valence-corrected chi connectivity index (χ1v) is 7.20. The lowest BCUT2D eigenvalue weighted by Crippen LogP contribution is -2.43. The van der Waals surface area contributed by atoms with E-state index in [9.17, 15) is 14.4 Å². The van der Waals surface area contributed by atoms with Gasteiger partial charge in [0, 0.05) is 4.88 Å². The first-order chi connectivity index (χ1) is 9.02. The molecule has 0 saturated heterocycles. The van der Waals surface area contributed by atoms with Gasteiger partial charge in [-0.15, -0.1) is 11.3 Å². The van der Waals surface area contributed by atoms with Crippen LogP contribution in [0, 0.1) is 0 Å². The third-order valence-corrected chi connectivity index (χ3v) is 3.89. The van der Waals surface area contributed by atoms with Gasteiger partial charge in [0.25, 0.3) is 0 Å². The molecule has 0 aliphatic carbocycles. The van der Waals surface area contributed by atoms with Crippen LogP contribution < -0.4 is 5.32 Å². The molecule has 6 nitrogen and oxygen atoms in total. The van der Waals surface area contributed by atoms with Crippen molar-refractivity contribution in [2.24, 2.45) is 0 Å². The third kappa shape index (κ3) is 5.86. The maximum absolute atomic E-state index is 11.6. The second-order valence-corrected chi connectivity index (χ2v) is 5.57. The number of carboxylic acids is 1. The Hall–Kier alpha value is -1.38. The zero-order valence-electron chi connectivity index (χ0n) is 9.87. The third-order valence-electron chi connectivity index (χ3n) is 2.06. The fourth-order valence-corrected chi connectivity index (χ4v) is 2.53. The summed E-state index contributed by atoms with van der Waals surface area (Å²) in [6.45, 7) is -0.554. The summed E-state index contributed by atoms with van der Waals surface area (Å²) >= 11 is 1.97. The number of hydrogen-bond acceptors (Lipinski definition) is 6. The second kappa shape index (κ2) is 7.93. The van der Waals surface area contributed by atoms with E-state index in [4.69, 9.17) is 10.2 Å². The second-order valence-electron chi connectivity index (χ2n) is 3.56. The van der Waals surface area contributed by atoms with E-state index >= 15 is 0 Å². The molecule has 0 spiro atoms. The van der Waals surface area contributed by atoms with Gasteiger partial charge in [0.1, 0.15) is 6.04 Å².